The third kappa shape index (κ3) is 3.32. The number of nitrogens with zero attached hydrogens (tertiary/aromatic N) is 3. The highest BCUT2D eigenvalue weighted by Crippen LogP contribution is 2.33. The number of hydrogen-bond acceptors (Lipinski definition) is 4. The summed E-state index contributed by atoms with van der Waals surface area (Å²) in [4.78, 5) is 18.5. The molecule has 27 heavy (non-hydrogen) atoms. The van der Waals surface area contributed by atoms with Gasteiger partial charge in [0.15, 0.2) is 5.82 Å². The highest BCUT2D eigenvalue weighted by atomic mass is 35.5. The van der Waals surface area contributed by atoms with E-state index in [1.165, 1.54) is 12.1 Å². The fourth-order valence-corrected chi connectivity index (χ4v) is 3.52. The number of carbonyl (C=O) groups is 1. The molecule has 1 unspecified atom stereocenters. The smallest absolute Gasteiger partial charge is 0.258 e. The maximum atomic E-state index is 13.4. The molecule has 4 rings (SSSR count). The standard InChI is InChI=1S/C20H17ClFN3O2/c1-11-3-5-15(12(2)7-11)20-23-19(24-27-20)13-8-18(26)25(10-13)14-4-6-17(22)16(21)9-14/h3-7,9,13H,8,10H2,1-2H3. The SMILES string of the molecule is Cc1ccc(-c2nc(C3CC(=O)N(c4ccc(F)c(Cl)c4)C3)no2)c(C)c1. The van der Waals surface area contributed by atoms with Gasteiger partial charge in [-0.1, -0.05) is 34.5 Å². The summed E-state index contributed by atoms with van der Waals surface area (Å²) in [5.74, 6) is 0.150. The summed E-state index contributed by atoms with van der Waals surface area (Å²) in [6, 6.07) is 10.2. The Labute approximate surface area is 160 Å². The molecule has 0 N–H and O–H groups in total. The van der Waals surface area contributed by atoms with E-state index in [4.69, 9.17) is 16.1 Å². The molecule has 1 aliphatic heterocycles. The van der Waals surface area contributed by atoms with Crippen molar-refractivity contribution in [1.82, 2.24) is 10.1 Å². The molecule has 0 radical (unpaired) electrons. The fraction of sp³-hybridized carbons (Fsp3) is 0.250. The second-order valence-electron chi connectivity index (χ2n) is 6.78. The molecule has 1 amide bonds. The quantitative estimate of drug-likeness (QED) is 0.657. The van der Waals surface area contributed by atoms with Crippen LogP contribution in [0.1, 0.15) is 29.3 Å². The molecule has 0 saturated carbocycles. The summed E-state index contributed by atoms with van der Waals surface area (Å²) in [6.07, 6.45) is 0.265. The predicted molar refractivity (Wildman–Crippen MR) is 100 cm³/mol. The highest BCUT2D eigenvalue weighted by Gasteiger charge is 2.35. The molecule has 1 saturated heterocycles. The summed E-state index contributed by atoms with van der Waals surface area (Å²) in [7, 11) is 0. The largest absolute Gasteiger partial charge is 0.334 e. The van der Waals surface area contributed by atoms with Gasteiger partial charge >= 0.3 is 0 Å². The van der Waals surface area contributed by atoms with E-state index in [2.05, 4.69) is 16.2 Å². The third-order valence-electron chi connectivity index (χ3n) is 4.76. The number of aryl methyl sites for hydroxylation is 2. The van der Waals surface area contributed by atoms with E-state index in [-0.39, 0.29) is 23.3 Å². The molecule has 2 aromatic carbocycles. The average Bonchev–Trinajstić information content (AvgIpc) is 3.24. The first-order chi connectivity index (χ1) is 12.9. The number of halogens is 2. The van der Waals surface area contributed by atoms with E-state index in [0.29, 0.717) is 23.9 Å². The lowest BCUT2D eigenvalue weighted by Gasteiger charge is -2.16. The van der Waals surface area contributed by atoms with Crippen molar-refractivity contribution < 1.29 is 13.7 Å². The Balaban J connectivity index is 1.57. The molecule has 0 spiro atoms. The molecule has 1 aliphatic rings. The van der Waals surface area contributed by atoms with Crippen molar-refractivity contribution in [3.05, 3.63) is 64.2 Å². The van der Waals surface area contributed by atoms with Crippen molar-refractivity contribution in [3.63, 3.8) is 0 Å². The Morgan fingerprint density at radius 2 is 2.04 bits per heavy atom. The average molecular weight is 386 g/mol. The van der Waals surface area contributed by atoms with Crippen LogP contribution in [0.15, 0.2) is 40.9 Å². The molecule has 3 aromatic rings. The first-order valence-electron chi connectivity index (χ1n) is 8.59. The van der Waals surface area contributed by atoms with Gasteiger partial charge in [0.2, 0.25) is 5.91 Å². The van der Waals surface area contributed by atoms with E-state index in [9.17, 15) is 9.18 Å². The van der Waals surface area contributed by atoms with E-state index in [1.54, 1.807) is 11.0 Å². The molecule has 1 aromatic heterocycles. The van der Waals surface area contributed by atoms with Crippen LogP contribution >= 0.6 is 11.6 Å². The lowest BCUT2D eigenvalue weighted by Crippen LogP contribution is -2.24. The van der Waals surface area contributed by atoms with Gasteiger partial charge in [-0.2, -0.15) is 4.98 Å². The Kier molecular flexibility index (Phi) is 4.44. The number of aromatic nitrogens is 2. The zero-order valence-corrected chi connectivity index (χ0v) is 15.6. The van der Waals surface area contributed by atoms with E-state index in [1.807, 2.05) is 26.0 Å². The van der Waals surface area contributed by atoms with Crippen LogP contribution in [0.4, 0.5) is 10.1 Å². The minimum atomic E-state index is -0.514. The second kappa shape index (κ2) is 6.78. The number of hydrogen-bond donors (Lipinski definition) is 0. The first kappa shape index (κ1) is 17.7. The van der Waals surface area contributed by atoms with Gasteiger partial charge in [-0.15, -0.1) is 0 Å². The van der Waals surface area contributed by atoms with Crippen LogP contribution in [-0.4, -0.2) is 22.6 Å². The van der Waals surface area contributed by atoms with Gasteiger partial charge < -0.3 is 9.42 Å². The van der Waals surface area contributed by atoms with Gasteiger partial charge in [-0.25, -0.2) is 4.39 Å². The molecule has 138 valence electrons. The van der Waals surface area contributed by atoms with Crippen molar-refractivity contribution in [2.75, 3.05) is 11.4 Å². The van der Waals surface area contributed by atoms with Crippen LogP contribution in [0, 0.1) is 19.7 Å². The van der Waals surface area contributed by atoms with Gasteiger partial charge in [0.1, 0.15) is 5.82 Å². The van der Waals surface area contributed by atoms with Crippen molar-refractivity contribution in [1.29, 1.82) is 0 Å². The Morgan fingerprint density at radius 3 is 2.78 bits per heavy atom. The van der Waals surface area contributed by atoms with E-state index >= 15 is 0 Å². The first-order valence-corrected chi connectivity index (χ1v) is 8.97. The van der Waals surface area contributed by atoms with Gasteiger partial charge in [0.05, 0.1) is 5.02 Å². The van der Waals surface area contributed by atoms with Crippen molar-refractivity contribution in [2.24, 2.45) is 0 Å². The van der Waals surface area contributed by atoms with Crippen LogP contribution < -0.4 is 4.90 Å². The molecule has 0 aliphatic carbocycles. The van der Waals surface area contributed by atoms with Gasteiger partial charge in [0, 0.05) is 30.1 Å². The topological polar surface area (TPSA) is 59.2 Å². The number of anilines is 1. The monoisotopic (exact) mass is 385 g/mol. The van der Waals surface area contributed by atoms with Gasteiger partial charge in [-0.3, -0.25) is 4.79 Å². The Morgan fingerprint density at radius 1 is 1.22 bits per heavy atom. The number of carbonyl (C=O) groups excluding carboxylic acids is 1. The van der Waals surface area contributed by atoms with Gasteiger partial charge in [-0.05, 0) is 43.7 Å². The summed E-state index contributed by atoms with van der Waals surface area (Å²) in [6.45, 7) is 4.41. The Hall–Kier alpha value is -2.73. The molecule has 5 nitrogen and oxygen atoms in total. The summed E-state index contributed by atoms with van der Waals surface area (Å²) in [5.41, 5.74) is 3.65. The zero-order valence-electron chi connectivity index (χ0n) is 14.9. The van der Waals surface area contributed by atoms with Gasteiger partial charge in [0.25, 0.3) is 5.89 Å². The van der Waals surface area contributed by atoms with Crippen LogP contribution in [0.2, 0.25) is 5.02 Å². The van der Waals surface area contributed by atoms with E-state index < -0.39 is 5.82 Å². The van der Waals surface area contributed by atoms with E-state index in [0.717, 1.165) is 16.7 Å². The lowest BCUT2D eigenvalue weighted by atomic mass is 10.1. The Bertz CT molecular complexity index is 1030. The third-order valence-corrected chi connectivity index (χ3v) is 5.05. The summed E-state index contributed by atoms with van der Waals surface area (Å²) < 4.78 is 18.8. The summed E-state index contributed by atoms with van der Waals surface area (Å²) in [5, 5.41) is 4.07. The zero-order chi connectivity index (χ0) is 19.1. The van der Waals surface area contributed by atoms with Crippen LogP contribution in [-0.2, 0) is 4.79 Å². The highest BCUT2D eigenvalue weighted by molar-refractivity contribution is 6.31. The molecule has 0 bridgehead atoms. The minimum absolute atomic E-state index is 0.0135. The van der Waals surface area contributed by atoms with Crippen molar-refractivity contribution >= 4 is 23.2 Å². The maximum absolute atomic E-state index is 13.4. The normalized spacial score (nSPS) is 17.0. The van der Waals surface area contributed by atoms with Crippen molar-refractivity contribution in [2.45, 2.75) is 26.2 Å². The summed E-state index contributed by atoms with van der Waals surface area (Å²) >= 11 is 5.84. The van der Waals surface area contributed by atoms with Crippen molar-refractivity contribution in [3.8, 4) is 11.5 Å². The van der Waals surface area contributed by atoms with Crippen LogP contribution in [0.3, 0.4) is 0 Å². The molecule has 2 heterocycles. The predicted octanol–water partition coefficient (Wildman–Crippen LogP) is 4.67. The van der Waals surface area contributed by atoms with Crippen LogP contribution in [0.25, 0.3) is 11.5 Å². The number of benzene rings is 2. The molecular weight excluding hydrogens is 369 g/mol. The molecule has 1 atom stereocenters. The second-order valence-corrected chi connectivity index (χ2v) is 7.19. The number of amides is 1. The maximum Gasteiger partial charge on any atom is 0.258 e. The molecule has 7 heteroatoms. The molecule has 1 fully saturated rings. The number of rotatable bonds is 3. The minimum Gasteiger partial charge on any atom is -0.334 e. The molecular formula is C20H17ClFN3O2. The fourth-order valence-electron chi connectivity index (χ4n) is 3.35. The lowest BCUT2D eigenvalue weighted by molar-refractivity contribution is -0.117. The van der Waals surface area contributed by atoms with Crippen LogP contribution in [0.5, 0.6) is 0 Å².